The first-order valence-corrected chi connectivity index (χ1v) is 8.53. The van der Waals surface area contributed by atoms with Crippen molar-refractivity contribution in [2.24, 2.45) is 0 Å². The van der Waals surface area contributed by atoms with Crippen LogP contribution in [0, 0.1) is 0 Å². The lowest BCUT2D eigenvalue weighted by molar-refractivity contribution is -0.142. The standard InChI is InChI=1S/C20H18F3N3O2/c21-20(22,23)14-26-12-17(11-25-26)19(27)24-10-16-8-4-5-9-18(16)28-13-15-6-2-1-3-7-15/h1-9,11-12H,10,13-14H2,(H,24,27). The van der Waals surface area contributed by atoms with Crippen LogP contribution in [0.15, 0.2) is 67.0 Å². The summed E-state index contributed by atoms with van der Waals surface area (Å²) < 4.78 is 43.7. The minimum Gasteiger partial charge on any atom is -0.489 e. The van der Waals surface area contributed by atoms with Crippen LogP contribution in [0.3, 0.4) is 0 Å². The molecule has 0 aliphatic rings. The third-order valence-corrected chi connectivity index (χ3v) is 3.89. The van der Waals surface area contributed by atoms with E-state index in [0.29, 0.717) is 17.0 Å². The van der Waals surface area contributed by atoms with E-state index < -0.39 is 18.6 Å². The predicted octanol–water partition coefficient (Wildman–Crippen LogP) is 3.95. The molecule has 0 radical (unpaired) electrons. The molecule has 0 bridgehead atoms. The van der Waals surface area contributed by atoms with Crippen molar-refractivity contribution >= 4 is 5.91 Å². The number of benzene rings is 2. The maximum Gasteiger partial charge on any atom is 0.408 e. The molecule has 8 heteroatoms. The normalized spacial score (nSPS) is 11.2. The van der Waals surface area contributed by atoms with Crippen molar-refractivity contribution in [1.82, 2.24) is 15.1 Å². The van der Waals surface area contributed by atoms with E-state index in [2.05, 4.69) is 10.4 Å². The van der Waals surface area contributed by atoms with Crippen molar-refractivity contribution in [3.8, 4) is 5.75 Å². The molecule has 0 saturated carbocycles. The Morgan fingerprint density at radius 3 is 2.54 bits per heavy atom. The van der Waals surface area contributed by atoms with E-state index in [4.69, 9.17) is 4.74 Å². The Bertz CT molecular complexity index is 924. The van der Waals surface area contributed by atoms with Gasteiger partial charge in [0.1, 0.15) is 18.9 Å². The zero-order valence-electron chi connectivity index (χ0n) is 14.8. The van der Waals surface area contributed by atoms with Crippen molar-refractivity contribution in [2.45, 2.75) is 25.9 Å². The van der Waals surface area contributed by atoms with E-state index >= 15 is 0 Å². The van der Waals surface area contributed by atoms with Gasteiger partial charge in [-0.05, 0) is 11.6 Å². The number of alkyl halides is 3. The lowest BCUT2D eigenvalue weighted by atomic mass is 10.2. The van der Waals surface area contributed by atoms with E-state index in [9.17, 15) is 18.0 Å². The zero-order chi connectivity index (χ0) is 20.0. The Hall–Kier alpha value is -3.29. The Kier molecular flexibility index (Phi) is 5.98. The predicted molar refractivity (Wildman–Crippen MR) is 96.7 cm³/mol. The number of rotatable bonds is 7. The SMILES string of the molecule is O=C(NCc1ccccc1OCc1ccccc1)c1cnn(CC(F)(F)F)c1. The number of nitrogens with one attached hydrogen (secondary N) is 1. The molecule has 0 spiro atoms. The summed E-state index contributed by atoms with van der Waals surface area (Å²) >= 11 is 0. The number of amides is 1. The molecule has 1 N–H and O–H groups in total. The summed E-state index contributed by atoms with van der Waals surface area (Å²) in [5, 5.41) is 6.25. The lowest BCUT2D eigenvalue weighted by Crippen LogP contribution is -2.23. The third-order valence-electron chi connectivity index (χ3n) is 3.89. The molecule has 5 nitrogen and oxygen atoms in total. The topological polar surface area (TPSA) is 56.1 Å². The average Bonchev–Trinajstić information content (AvgIpc) is 3.12. The Morgan fingerprint density at radius 1 is 1.07 bits per heavy atom. The molecule has 1 amide bonds. The minimum atomic E-state index is -4.39. The van der Waals surface area contributed by atoms with Gasteiger partial charge in [-0.25, -0.2) is 0 Å². The first-order valence-electron chi connectivity index (χ1n) is 8.53. The van der Waals surface area contributed by atoms with Gasteiger partial charge in [0.2, 0.25) is 0 Å². The fraction of sp³-hybridized carbons (Fsp3) is 0.200. The number of hydrogen-bond acceptors (Lipinski definition) is 3. The molecule has 2 aromatic carbocycles. The molecule has 0 atom stereocenters. The Balaban J connectivity index is 1.59. The summed E-state index contributed by atoms with van der Waals surface area (Å²) in [7, 11) is 0. The minimum absolute atomic E-state index is 0.0620. The summed E-state index contributed by atoms with van der Waals surface area (Å²) in [5.74, 6) is 0.116. The fourth-order valence-corrected chi connectivity index (χ4v) is 2.55. The Labute approximate surface area is 159 Å². The van der Waals surface area contributed by atoms with Gasteiger partial charge >= 0.3 is 6.18 Å². The van der Waals surface area contributed by atoms with Gasteiger partial charge in [-0.3, -0.25) is 9.48 Å². The highest BCUT2D eigenvalue weighted by atomic mass is 19.4. The molecule has 0 fully saturated rings. The molecule has 1 aromatic heterocycles. The number of para-hydroxylation sites is 1. The maximum absolute atomic E-state index is 12.4. The van der Waals surface area contributed by atoms with Crippen LogP contribution in [0.5, 0.6) is 5.75 Å². The van der Waals surface area contributed by atoms with E-state index in [1.807, 2.05) is 48.5 Å². The number of nitrogens with zero attached hydrogens (tertiary/aromatic N) is 2. The molecule has 0 aliphatic heterocycles. The van der Waals surface area contributed by atoms with Crippen LogP contribution in [-0.2, 0) is 19.7 Å². The highest BCUT2D eigenvalue weighted by Crippen LogP contribution is 2.20. The molecular weight excluding hydrogens is 371 g/mol. The van der Waals surface area contributed by atoms with E-state index in [-0.39, 0.29) is 12.1 Å². The zero-order valence-corrected chi connectivity index (χ0v) is 14.8. The first kappa shape index (κ1) is 19.5. The molecule has 0 unspecified atom stereocenters. The second kappa shape index (κ2) is 8.60. The van der Waals surface area contributed by atoms with Crippen molar-refractivity contribution in [2.75, 3.05) is 0 Å². The van der Waals surface area contributed by atoms with Gasteiger partial charge in [-0.2, -0.15) is 18.3 Å². The summed E-state index contributed by atoms with van der Waals surface area (Å²) in [6.07, 6.45) is -2.21. The van der Waals surface area contributed by atoms with Crippen LogP contribution in [0.1, 0.15) is 21.5 Å². The second-order valence-corrected chi connectivity index (χ2v) is 6.11. The van der Waals surface area contributed by atoms with Gasteiger partial charge in [0.15, 0.2) is 0 Å². The van der Waals surface area contributed by atoms with Crippen LogP contribution in [0.2, 0.25) is 0 Å². The highest BCUT2D eigenvalue weighted by molar-refractivity contribution is 5.93. The van der Waals surface area contributed by atoms with Gasteiger partial charge in [0, 0.05) is 18.3 Å². The highest BCUT2D eigenvalue weighted by Gasteiger charge is 2.28. The van der Waals surface area contributed by atoms with Crippen molar-refractivity contribution in [1.29, 1.82) is 0 Å². The van der Waals surface area contributed by atoms with Crippen LogP contribution < -0.4 is 10.1 Å². The molecule has 3 rings (SSSR count). The van der Waals surface area contributed by atoms with Crippen molar-refractivity contribution in [3.63, 3.8) is 0 Å². The smallest absolute Gasteiger partial charge is 0.408 e. The maximum atomic E-state index is 12.4. The number of ether oxygens (including phenoxy) is 1. The molecule has 146 valence electrons. The molecule has 0 aliphatic carbocycles. The number of aromatic nitrogens is 2. The van der Waals surface area contributed by atoms with Crippen LogP contribution >= 0.6 is 0 Å². The molecule has 1 heterocycles. The van der Waals surface area contributed by atoms with Gasteiger partial charge < -0.3 is 10.1 Å². The van der Waals surface area contributed by atoms with Gasteiger partial charge in [0.05, 0.1) is 11.8 Å². The van der Waals surface area contributed by atoms with Crippen molar-refractivity contribution < 1.29 is 22.7 Å². The summed E-state index contributed by atoms with van der Waals surface area (Å²) in [5.41, 5.74) is 1.83. The second-order valence-electron chi connectivity index (χ2n) is 6.11. The summed E-state index contributed by atoms with van der Waals surface area (Å²) in [4.78, 5) is 12.2. The first-order chi connectivity index (χ1) is 13.4. The largest absolute Gasteiger partial charge is 0.489 e. The van der Waals surface area contributed by atoms with Gasteiger partial charge in [-0.15, -0.1) is 0 Å². The van der Waals surface area contributed by atoms with Crippen LogP contribution in [0.4, 0.5) is 13.2 Å². The third kappa shape index (κ3) is 5.60. The molecule has 28 heavy (non-hydrogen) atoms. The van der Waals surface area contributed by atoms with Crippen LogP contribution in [-0.4, -0.2) is 21.9 Å². The van der Waals surface area contributed by atoms with Gasteiger partial charge in [0.25, 0.3) is 5.91 Å². The monoisotopic (exact) mass is 389 g/mol. The lowest BCUT2D eigenvalue weighted by Gasteiger charge is -2.12. The van der Waals surface area contributed by atoms with E-state index in [1.54, 1.807) is 6.07 Å². The van der Waals surface area contributed by atoms with E-state index in [1.165, 1.54) is 0 Å². The number of carbonyl (C=O) groups excluding carboxylic acids is 1. The summed E-state index contributed by atoms with van der Waals surface area (Å²) in [6.45, 7) is -0.680. The number of hydrogen-bond donors (Lipinski definition) is 1. The van der Waals surface area contributed by atoms with E-state index in [0.717, 1.165) is 23.5 Å². The average molecular weight is 389 g/mol. The number of carbonyl (C=O) groups is 1. The number of halogens is 3. The van der Waals surface area contributed by atoms with Crippen molar-refractivity contribution in [3.05, 3.63) is 83.7 Å². The molecule has 3 aromatic rings. The van der Waals surface area contributed by atoms with Crippen LogP contribution in [0.25, 0.3) is 0 Å². The fourth-order valence-electron chi connectivity index (χ4n) is 2.55. The Morgan fingerprint density at radius 2 is 1.79 bits per heavy atom. The summed E-state index contributed by atoms with van der Waals surface area (Å²) in [6, 6.07) is 16.9. The molecular formula is C20H18F3N3O2. The quantitative estimate of drug-likeness (QED) is 0.666. The molecule has 0 saturated heterocycles. The van der Waals surface area contributed by atoms with Gasteiger partial charge in [-0.1, -0.05) is 48.5 Å².